The molecule has 3 aromatic rings. The van der Waals surface area contributed by atoms with E-state index in [0.29, 0.717) is 30.5 Å². The highest BCUT2D eigenvalue weighted by Crippen LogP contribution is 2.39. The molecular formula is C23H24N6O2. The number of hydrogen-bond acceptors (Lipinski definition) is 7. The van der Waals surface area contributed by atoms with E-state index < -0.39 is 0 Å². The van der Waals surface area contributed by atoms with Crippen LogP contribution >= 0.6 is 0 Å². The molecule has 3 heterocycles. The number of nitrogens with one attached hydrogen (secondary N) is 2. The molecule has 0 unspecified atom stereocenters. The van der Waals surface area contributed by atoms with Crippen molar-refractivity contribution in [3.05, 3.63) is 59.4 Å². The molecule has 1 aromatic carbocycles. The molecule has 0 saturated heterocycles. The van der Waals surface area contributed by atoms with Crippen LogP contribution in [0.5, 0.6) is 5.75 Å². The van der Waals surface area contributed by atoms with Gasteiger partial charge in [-0.25, -0.2) is 15.0 Å². The molecule has 4 N–H and O–H groups in total. The molecule has 8 heteroatoms. The summed E-state index contributed by atoms with van der Waals surface area (Å²) in [6, 6.07) is 9.81. The SMILES string of the molecule is Nc1nccc(-c2cnc(NCc3cccc(C(=O)NC4CCC4)c3)c3c2OCC3)n1. The molecule has 2 aliphatic rings. The molecule has 158 valence electrons. The number of hydrogen-bond donors (Lipinski definition) is 3. The van der Waals surface area contributed by atoms with Gasteiger partial charge in [-0.15, -0.1) is 0 Å². The Kier molecular flexibility index (Phi) is 5.11. The summed E-state index contributed by atoms with van der Waals surface area (Å²) >= 11 is 0. The maximum Gasteiger partial charge on any atom is 0.251 e. The summed E-state index contributed by atoms with van der Waals surface area (Å²) in [4.78, 5) is 25.3. The van der Waals surface area contributed by atoms with E-state index in [0.717, 1.165) is 47.5 Å². The van der Waals surface area contributed by atoms with E-state index in [4.69, 9.17) is 10.5 Å². The van der Waals surface area contributed by atoms with E-state index in [-0.39, 0.29) is 11.9 Å². The molecule has 0 atom stereocenters. The van der Waals surface area contributed by atoms with Crippen LogP contribution in [0.3, 0.4) is 0 Å². The summed E-state index contributed by atoms with van der Waals surface area (Å²) in [7, 11) is 0. The minimum atomic E-state index is -0.00700. The molecule has 1 aliphatic carbocycles. The van der Waals surface area contributed by atoms with Crippen molar-refractivity contribution in [1.29, 1.82) is 0 Å². The van der Waals surface area contributed by atoms with Crippen molar-refractivity contribution in [3.63, 3.8) is 0 Å². The van der Waals surface area contributed by atoms with Crippen LogP contribution in [0, 0.1) is 0 Å². The van der Waals surface area contributed by atoms with Crippen LogP contribution < -0.4 is 21.1 Å². The second-order valence-electron chi connectivity index (χ2n) is 7.88. The van der Waals surface area contributed by atoms with Crippen molar-refractivity contribution in [2.45, 2.75) is 38.3 Å². The number of anilines is 2. The second-order valence-corrected chi connectivity index (χ2v) is 7.88. The third kappa shape index (κ3) is 4.01. The highest BCUT2D eigenvalue weighted by Gasteiger charge is 2.23. The standard InChI is InChI=1S/C23H24N6O2/c24-23-25-9-7-19(29-23)18-13-27-21(17-8-10-31-20(17)18)26-12-14-3-1-4-15(11-14)22(30)28-16-5-2-6-16/h1,3-4,7,9,11,13,16H,2,5-6,8,10,12H2,(H,26,27)(H,28,30)(H2,24,25,29). The monoisotopic (exact) mass is 416 g/mol. The number of pyridine rings is 1. The lowest BCUT2D eigenvalue weighted by Crippen LogP contribution is -2.39. The number of ether oxygens (including phenoxy) is 1. The van der Waals surface area contributed by atoms with E-state index in [1.54, 1.807) is 18.5 Å². The first-order valence-corrected chi connectivity index (χ1v) is 10.5. The molecule has 0 spiro atoms. The number of carbonyl (C=O) groups excluding carboxylic acids is 1. The van der Waals surface area contributed by atoms with Gasteiger partial charge in [0, 0.05) is 42.5 Å². The van der Waals surface area contributed by atoms with Crippen LogP contribution in [0.4, 0.5) is 11.8 Å². The molecule has 1 saturated carbocycles. The number of nitrogen functional groups attached to an aromatic ring is 1. The summed E-state index contributed by atoms with van der Waals surface area (Å²) in [5.74, 6) is 1.77. The number of benzene rings is 1. The molecule has 0 radical (unpaired) electrons. The van der Waals surface area contributed by atoms with Gasteiger partial charge in [-0.3, -0.25) is 4.79 Å². The fourth-order valence-corrected chi connectivity index (χ4v) is 3.88. The zero-order chi connectivity index (χ0) is 21.2. The second kappa shape index (κ2) is 8.22. The summed E-state index contributed by atoms with van der Waals surface area (Å²) in [6.45, 7) is 1.16. The first-order valence-electron chi connectivity index (χ1n) is 10.5. The van der Waals surface area contributed by atoms with Crippen LogP contribution in [0.25, 0.3) is 11.3 Å². The van der Waals surface area contributed by atoms with Gasteiger partial charge in [0.15, 0.2) is 0 Å². The molecule has 0 bridgehead atoms. The third-order valence-electron chi connectivity index (χ3n) is 5.77. The van der Waals surface area contributed by atoms with Crippen LogP contribution in [0.15, 0.2) is 42.7 Å². The first kappa shape index (κ1) is 19.3. The van der Waals surface area contributed by atoms with Crippen LogP contribution in [0.2, 0.25) is 0 Å². The normalized spacial score (nSPS) is 15.0. The predicted octanol–water partition coefficient (Wildman–Crippen LogP) is 2.95. The summed E-state index contributed by atoms with van der Waals surface area (Å²) in [6.07, 6.45) is 7.48. The highest BCUT2D eigenvalue weighted by atomic mass is 16.5. The molecule has 31 heavy (non-hydrogen) atoms. The Morgan fingerprint density at radius 3 is 2.94 bits per heavy atom. The lowest BCUT2D eigenvalue weighted by molar-refractivity contribution is 0.0917. The van der Waals surface area contributed by atoms with E-state index in [1.165, 1.54) is 6.42 Å². The van der Waals surface area contributed by atoms with Crippen molar-refractivity contribution in [1.82, 2.24) is 20.3 Å². The smallest absolute Gasteiger partial charge is 0.251 e. The van der Waals surface area contributed by atoms with E-state index >= 15 is 0 Å². The Balaban J connectivity index is 1.33. The number of nitrogens with zero attached hydrogens (tertiary/aromatic N) is 3. The fourth-order valence-electron chi connectivity index (χ4n) is 3.88. The number of aromatic nitrogens is 3. The molecular weight excluding hydrogens is 392 g/mol. The molecule has 1 aliphatic heterocycles. The minimum absolute atomic E-state index is 0.00700. The Labute approximate surface area is 180 Å². The maximum absolute atomic E-state index is 12.4. The molecule has 5 rings (SSSR count). The molecule has 2 aromatic heterocycles. The topological polar surface area (TPSA) is 115 Å². The van der Waals surface area contributed by atoms with Crippen molar-refractivity contribution in [2.24, 2.45) is 0 Å². The van der Waals surface area contributed by atoms with Gasteiger partial charge in [0.1, 0.15) is 11.6 Å². The largest absolute Gasteiger partial charge is 0.492 e. The number of rotatable bonds is 6. The average molecular weight is 416 g/mol. The van der Waals surface area contributed by atoms with E-state index in [1.807, 2.05) is 24.3 Å². The third-order valence-corrected chi connectivity index (χ3v) is 5.77. The summed E-state index contributed by atoms with van der Waals surface area (Å²) < 4.78 is 5.89. The Morgan fingerprint density at radius 1 is 1.23 bits per heavy atom. The van der Waals surface area contributed by atoms with E-state index in [9.17, 15) is 4.79 Å². The quantitative estimate of drug-likeness (QED) is 0.566. The van der Waals surface area contributed by atoms with Gasteiger partial charge in [0.2, 0.25) is 5.95 Å². The summed E-state index contributed by atoms with van der Waals surface area (Å²) in [5, 5.41) is 6.49. The first-order chi connectivity index (χ1) is 15.2. The Bertz CT molecular complexity index is 1130. The van der Waals surface area contributed by atoms with Gasteiger partial charge in [0.25, 0.3) is 5.91 Å². The van der Waals surface area contributed by atoms with Gasteiger partial charge >= 0.3 is 0 Å². The Morgan fingerprint density at radius 2 is 2.13 bits per heavy atom. The van der Waals surface area contributed by atoms with Crippen LogP contribution in [-0.2, 0) is 13.0 Å². The van der Waals surface area contributed by atoms with Crippen LogP contribution in [-0.4, -0.2) is 33.5 Å². The zero-order valence-corrected chi connectivity index (χ0v) is 17.1. The van der Waals surface area contributed by atoms with E-state index in [2.05, 4.69) is 25.6 Å². The maximum atomic E-state index is 12.4. The van der Waals surface area contributed by atoms with Gasteiger partial charge < -0.3 is 21.1 Å². The zero-order valence-electron chi connectivity index (χ0n) is 17.1. The van der Waals surface area contributed by atoms with Crippen molar-refractivity contribution < 1.29 is 9.53 Å². The lowest BCUT2D eigenvalue weighted by Gasteiger charge is -2.26. The number of fused-ring (bicyclic) bond motifs is 1. The number of nitrogens with two attached hydrogens (primary N) is 1. The van der Waals surface area contributed by atoms with Crippen molar-refractivity contribution in [2.75, 3.05) is 17.7 Å². The Hall–Kier alpha value is -3.68. The van der Waals surface area contributed by atoms with Gasteiger partial charge in [0.05, 0.1) is 17.9 Å². The van der Waals surface area contributed by atoms with Gasteiger partial charge in [-0.1, -0.05) is 12.1 Å². The average Bonchev–Trinajstić information content (AvgIpc) is 3.25. The summed E-state index contributed by atoms with van der Waals surface area (Å²) in [5.41, 5.74) is 9.95. The predicted molar refractivity (Wildman–Crippen MR) is 118 cm³/mol. The number of amides is 1. The lowest BCUT2D eigenvalue weighted by atomic mass is 9.93. The highest BCUT2D eigenvalue weighted by molar-refractivity contribution is 5.94. The molecule has 1 fully saturated rings. The fraction of sp³-hybridized carbons (Fsp3) is 0.304. The van der Waals surface area contributed by atoms with Crippen molar-refractivity contribution in [3.8, 4) is 17.0 Å². The van der Waals surface area contributed by atoms with Gasteiger partial charge in [-0.2, -0.15) is 0 Å². The van der Waals surface area contributed by atoms with Crippen molar-refractivity contribution >= 4 is 17.7 Å². The minimum Gasteiger partial charge on any atom is -0.492 e. The van der Waals surface area contributed by atoms with Crippen LogP contribution in [0.1, 0.15) is 40.7 Å². The molecule has 8 nitrogen and oxygen atoms in total. The molecule has 1 amide bonds. The van der Waals surface area contributed by atoms with Gasteiger partial charge in [-0.05, 0) is 43.0 Å². The number of carbonyl (C=O) groups is 1.